The Balaban J connectivity index is 1.68. The van der Waals surface area contributed by atoms with Gasteiger partial charge in [0.2, 0.25) is 0 Å². The molecule has 2 aromatic rings. The van der Waals surface area contributed by atoms with E-state index in [1.54, 1.807) is 0 Å². The van der Waals surface area contributed by atoms with Crippen LogP contribution in [0.5, 0.6) is 0 Å². The van der Waals surface area contributed by atoms with Crippen molar-refractivity contribution < 1.29 is 4.74 Å². The maximum atomic E-state index is 6.80. The van der Waals surface area contributed by atoms with Crippen LogP contribution in [0.2, 0.25) is 0 Å². The van der Waals surface area contributed by atoms with Gasteiger partial charge in [-0.05, 0) is 67.2 Å². The third kappa shape index (κ3) is 2.54. The maximum absolute atomic E-state index is 6.80. The van der Waals surface area contributed by atoms with Gasteiger partial charge in [0.1, 0.15) is 0 Å². The normalized spacial score (nSPS) is 32.6. The molecule has 0 amide bonds. The van der Waals surface area contributed by atoms with Crippen LogP contribution in [-0.4, -0.2) is 6.10 Å². The number of benzene rings is 2. The van der Waals surface area contributed by atoms with Gasteiger partial charge in [-0.2, -0.15) is 0 Å². The summed E-state index contributed by atoms with van der Waals surface area (Å²) < 4.78 is 7.95. The van der Waals surface area contributed by atoms with Gasteiger partial charge in [-0.1, -0.05) is 60.1 Å². The minimum absolute atomic E-state index is 0.294. The van der Waals surface area contributed by atoms with Crippen molar-refractivity contribution in [3.05, 3.63) is 46.4 Å². The second-order valence-electron chi connectivity index (χ2n) is 8.42. The third-order valence-corrected chi connectivity index (χ3v) is 7.42. The van der Waals surface area contributed by atoms with Gasteiger partial charge in [-0.3, -0.25) is 0 Å². The summed E-state index contributed by atoms with van der Waals surface area (Å²) in [5.41, 5.74) is 0.988. The molecule has 2 fully saturated rings. The molecule has 0 radical (unpaired) electrons. The Labute approximate surface area is 153 Å². The quantitative estimate of drug-likeness (QED) is 0.581. The molecule has 5 atom stereocenters. The van der Waals surface area contributed by atoms with Gasteiger partial charge in [0.05, 0.1) is 11.7 Å². The molecule has 5 unspecified atom stereocenters. The zero-order valence-corrected chi connectivity index (χ0v) is 16.6. The number of hydrogen-bond acceptors (Lipinski definition) is 1. The van der Waals surface area contributed by atoms with Crippen molar-refractivity contribution in [2.45, 2.75) is 52.2 Å². The van der Waals surface area contributed by atoms with Crippen molar-refractivity contribution in [3.8, 4) is 0 Å². The van der Waals surface area contributed by atoms with Crippen LogP contribution >= 0.6 is 15.9 Å². The molecule has 24 heavy (non-hydrogen) atoms. The highest BCUT2D eigenvalue weighted by atomic mass is 79.9. The second kappa shape index (κ2) is 5.85. The van der Waals surface area contributed by atoms with Crippen LogP contribution in [0.1, 0.15) is 46.1 Å². The molecular weight excluding hydrogens is 360 g/mol. The minimum atomic E-state index is -0.294. The largest absolute Gasteiger partial charge is 0.367 e. The van der Waals surface area contributed by atoms with Gasteiger partial charge in [0.15, 0.2) is 0 Å². The SMILES string of the molecule is CC1C2CC(OC(C)(C)c3c(Br)ccc4ccccc34)C(C2)C1C. The lowest BCUT2D eigenvalue weighted by atomic mass is 9.80. The molecule has 4 rings (SSSR count). The molecule has 128 valence electrons. The Kier molecular flexibility index (Phi) is 4.04. The van der Waals surface area contributed by atoms with Crippen LogP contribution in [0.4, 0.5) is 0 Å². The number of fused-ring (bicyclic) bond motifs is 3. The second-order valence-corrected chi connectivity index (χ2v) is 9.28. The average Bonchev–Trinajstić information content (AvgIpc) is 3.06. The summed E-state index contributed by atoms with van der Waals surface area (Å²) in [6.07, 6.45) is 3.00. The molecule has 2 aliphatic carbocycles. The summed E-state index contributed by atoms with van der Waals surface area (Å²) in [4.78, 5) is 0. The van der Waals surface area contributed by atoms with Crippen LogP contribution < -0.4 is 0 Å². The predicted molar refractivity (Wildman–Crippen MR) is 104 cm³/mol. The topological polar surface area (TPSA) is 9.23 Å². The van der Waals surface area contributed by atoms with Crippen LogP contribution in [0.15, 0.2) is 40.9 Å². The Morgan fingerprint density at radius 1 is 1.00 bits per heavy atom. The first-order valence-electron chi connectivity index (χ1n) is 9.24. The highest BCUT2D eigenvalue weighted by Gasteiger charge is 2.50. The zero-order valence-electron chi connectivity index (χ0n) is 15.1. The standard InChI is InChI=1S/C22H27BrO/c1-13-14(2)18-11-16(13)12-20(18)24-22(3,4)21-17-8-6-5-7-15(17)9-10-19(21)23/h5-10,13-14,16,18,20H,11-12H2,1-4H3. The van der Waals surface area contributed by atoms with E-state index in [0.717, 1.165) is 28.1 Å². The lowest BCUT2D eigenvalue weighted by Crippen LogP contribution is -2.36. The molecule has 2 bridgehead atoms. The van der Waals surface area contributed by atoms with Gasteiger partial charge in [0.25, 0.3) is 0 Å². The summed E-state index contributed by atoms with van der Waals surface area (Å²) in [5, 5.41) is 2.57. The van der Waals surface area contributed by atoms with Crippen LogP contribution in [0, 0.1) is 23.7 Å². The molecule has 0 heterocycles. The first-order valence-corrected chi connectivity index (χ1v) is 10.0. The summed E-state index contributed by atoms with van der Waals surface area (Å²) in [6.45, 7) is 9.32. The van der Waals surface area contributed by atoms with E-state index in [9.17, 15) is 0 Å². The van der Waals surface area contributed by atoms with E-state index >= 15 is 0 Å². The summed E-state index contributed by atoms with van der Waals surface area (Å²) in [6, 6.07) is 13.0. The fourth-order valence-electron chi connectivity index (χ4n) is 5.30. The van der Waals surface area contributed by atoms with Gasteiger partial charge < -0.3 is 4.74 Å². The van der Waals surface area contributed by atoms with Crippen molar-refractivity contribution >= 4 is 26.7 Å². The maximum Gasteiger partial charge on any atom is 0.0896 e. The van der Waals surface area contributed by atoms with Crippen LogP contribution in [0.25, 0.3) is 10.8 Å². The van der Waals surface area contributed by atoms with E-state index in [0.29, 0.717) is 6.10 Å². The van der Waals surface area contributed by atoms with Crippen LogP contribution in [0.3, 0.4) is 0 Å². The summed E-state index contributed by atoms with van der Waals surface area (Å²) in [7, 11) is 0. The molecular formula is C22H27BrO. The van der Waals surface area contributed by atoms with Gasteiger partial charge in [-0.25, -0.2) is 0 Å². The molecule has 1 nitrogen and oxygen atoms in total. The highest BCUT2D eigenvalue weighted by Crippen LogP contribution is 2.54. The highest BCUT2D eigenvalue weighted by molar-refractivity contribution is 9.10. The Bertz CT molecular complexity index is 764. The van der Waals surface area contributed by atoms with E-state index in [1.165, 1.54) is 29.2 Å². The first kappa shape index (κ1) is 16.6. The molecule has 2 saturated carbocycles. The molecule has 2 heteroatoms. The number of ether oxygens (including phenoxy) is 1. The summed E-state index contributed by atoms with van der Waals surface area (Å²) in [5.74, 6) is 3.25. The van der Waals surface area contributed by atoms with Gasteiger partial charge in [-0.15, -0.1) is 0 Å². The van der Waals surface area contributed by atoms with Crippen molar-refractivity contribution in [1.29, 1.82) is 0 Å². The van der Waals surface area contributed by atoms with E-state index in [2.05, 4.69) is 80.0 Å². The fraction of sp³-hybridized carbons (Fsp3) is 0.545. The summed E-state index contributed by atoms with van der Waals surface area (Å²) >= 11 is 3.79. The smallest absolute Gasteiger partial charge is 0.0896 e. The number of hydrogen-bond donors (Lipinski definition) is 0. The predicted octanol–water partition coefficient (Wildman–Crippen LogP) is 6.53. The van der Waals surface area contributed by atoms with E-state index in [4.69, 9.17) is 4.74 Å². The van der Waals surface area contributed by atoms with Crippen molar-refractivity contribution in [2.75, 3.05) is 0 Å². The number of rotatable bonds is 3. The lowest BCUT2D eigenvalue weighted by molar-refractivity contribution is -0.109. The van der Waals surface area contributed by atoms with Crippen molar-refractivity contribution in [2.24, 2.45) is 23.7 Å². The van der Waals surface area contributed by atoms with Crippen LogP contribution in [-0.2, 0) is 10.3 Å². The zero-order chi connectivity index (χ0) is 17.1. The van der Waals surface area contributed by atoms with E-state index in [1.807, 2.05) is 0 Å². The molecule has 2 aromatic carbocycles. The van der Waals surface area contributed by atoms with Crippen molar-refractivity contribution in [1.82, 2.24) is 0 Å². The average molecular weight is 387 g/mol. The van der Waals surface area contributed by atoms with Gasteiger partial charge >= 0.3 is 0 Å². The molecule has 0 aliphatic heterocycles. The first-order chi connectivity index (χ1) is 11.4. The lowest BCUT2D eigenvalue weighted by Gasteiger charge is -2.38. The van der Waals surface area contributed by atoms with E-state index < -0.39 is 0 Å². The van der Waals surface area contributed by atoms with Gasteiger partial charge in [0, 0.05) is 10.0 Å². The molecule has 0 spiro atoms. The Morgan fingerprint density at radius 3 is 2.46 bits per heavy atom. The van der Waals surface area contributed by atoms with Crippen molar-refractivity contribution in [3.63, 3.8) is 0 Å². The monoisotopic (exact) mass is 386 g/mol. The fourth-order valence-corrected chi connectivity index (χ4v) is 6.13. The number of halogens is 1. The Hall–Kier alpha value is -0.860. The Morgan fingerprint density at radius 2 is 1.75 bits per heavy atom. The molecule has 0 saturated heterocycles. The molecule has 0 N–H and O–H groups in total. The molecule has 0 aromatic heterocycles. The van der Waals surface area contributed by atoms with E-state index in [-0.39, 0.29) is 5.60 Å². The third-order valence-electron chi connectivity index (χ3n) is 6.76. The molecule has 2 aliphatic rings. The minimum Gasteiger partial charge on any atom is -0.367 e.